The van der Waals surface area contributed by atoms with Crippen LogP contribution in [0.3, 0.4) is 0 Å². The third kappa shape index (κ3) is 3.77. The van der Waals surface area contributed by atoms with Crippen LogP contribution in [0, 0.1) is 16.0 Å². The van der Waals surface area contributed by atoms with Gasteiger partial charge in [0.1, 0.15) is 5.82 Å². The monoisotopic (exact) mass is 366 g/mol. The first-order chi connectivity index (χ1) is 13.1. The number of hydrogen-bond donors (Lipinski definition) is 0. The molecule has 2 heterocycles. The molecule has 2 aliphatic rings. The average Bonchev–Trinajstić information content (AvgIpc) is 3.54. The summed E-state index contributed by atoms with van der Waals surface area (Å²) in [7, 11) is 0. The van der Waals surface area contributed by atoms with Crippen molar-refractivity contribution in [2.45, 2.75) is 19.3 Å². The van der Waals surface area contributed by atoms with Gasteiger partial charge in [-0.3, -0.25) is 14.9 Å². The van der Waals surface area contributed by atoms with Crippen LogP contribution in [-0.2, 0) is 4.79 Å². The minimum Gasteiger partial charge on any atom is -0.355 e. The predicted octanol–water partition coefficient (Wildman–Crippen LogP) is 3.11. The molecule has 1 aromatic heterocycles. The van der Waals surface area contributed by atoms with Crippen LogP contribution < -0.4 is 4.90 Å². The zero-order chi connectivity index (χ0) is 18.8. The molecule has 0 N–H and O–H groups in total. The van der Waals surface area contributed by atoms with Gasteiger partial charge in [-0.25, -0.2) is 4.98 Å². The van der Waals surface area contributed by atoms with E-state index in [2.05, 4.69) is 9.88 Å². The molecule has 0 radical (unpaired) electrons. The molecule has 1 saturated heterocycles. The van der Waals surface area contributed by atoms with E-state index in [1.807, 2.05) is 35.2 Å². The lowest BCUT2D eigenvalue weighted by molar-refractivity contribution is -0.384. The van der Waals surface area contributed by atoms with Crippen molar-refractivity contribution in [2.24, 2.45) is 5.92 Å². The molecule has 7 nitrogen and oxygen atoms in total. The fraction of sp³-hybridized carbons (Fsp3) is 0.400. The number of rotatable bonds is 4. The third-order valence-corrected chi connectivity index (χ3v) is 5.16. The summed E-state index contributed by atoms with van der Waals surface area (Å²) in [5.41, 5.74) is 1.12. The maximum Gasteiger partial charge on any atom is 0.295 e. The summed E-state index contributed by atoms with van der Waals surface area (Å²) in [5.74, 6) is 1.23. The summed E-state index contributed by atoms with van der Waals surface area (Å²) in [6.45, 7) is 2.92. The lowest BCUT2D eigenvalue weighted by Gasteiger charge is -2.23. The van der Waals surface area contributed by atoms with Crippen molar-refractivity contribution in [1.29, 1.82) is 0 Å². The zero-order valence-corrected chi connectivity index (χ0v) is 15.1. The second-order valence-electron chi connectivity index (χ2n) is 7.10. The largest absolute Gasteiger partial charge is 0.355 e. The Bertz CT molecular complexity index is 852. The molecule has 1 saturated carbocycles. The molecule has 27 heavy (non-hydrogen) atoms. The number of carbonyl (C=O) groups is 1. The van der Waals surface area contributed by atoms with Gasteiger partial charge in [0.05, 0.1) is 4.92 Å². The van der Waals surface area contributed by atoms with Crippen LogP contribution in [0.5, 0.6) is 0 Å². The van der Waals surface area contributed by atoms with Gasteiger partial charge in [0.25, 0.3) is 5.69 Å². The standard InChI is InChI=1S/C20H22N4O3/c25-20(16-7-8-16)23-12-4-11-22(13-14-23)18-10-9-17(24(26)27)19(21-18)15-5-2-1-3-6-15/h1-3,5-6,9-10,16H,4,7-8,11-14H2. The molecule has 2 aromatic rings. The Morgan fingerprint density at radius 3 is 2.52 bits per heavy atom. The summed E-state index contributed by atoms with van der Waals surface area (Å²) in [4.78, 5) is 32.1. The number of aromatic nitrogens is 1. The number of nitrogens with zero attached hydrogens (tertiary/aromatic N) is 4. The molecule has 0 atom stereocenters. The second-order valence-corrected chi connectivity index (χ2v) is 7.10. The highest BCUT2D eigenvalue weighted by Gasteiger charge is 2.34. The van der Waals surface area contributed by atoms with Crippen LogP contribution in [0.1, 0.15) is 19.3 Å². The molecule has 1 amide bonds. The number of pyridine rings is 1. The van der Waals surface area contributed by atoms with Gasteiger partial charge in [-0.15, -0.1) is 0 Å². The molecular formula is C20H22N4O3. The molecule has 140 valence electrons. The summed E-state index contributed by atoms with van der Waals surface area (Å²) >= 11 is 0. The lowest BCUT2D eigenvalue weighted by Crippen LogP contribution is -2.36. The van der Waals surface area contributed by atoms with Gasteiger partial charge in [-0.1, -0.05) is 30.3 Å². The van der Waals surface area contributed by atoms with Gasteiger partial charge >= 0.3 is 0 Å². The minimum absolute atomic E-state index is 0.00492. The number of hydrogen-bond acceptors (Lipinski definition) is 5. The highest BCUT2D eigenvalue weighted by Crippen LogP contribution is 2.32. The fourth-order valence-electron chi connectivity index (χ4n) is 3.53. The van der Waals surface area contributed by atoms with Gasteiger partial charge in [0.2, 0.25) is 5.91 Å². The van der Waals surface area contributed by atoms with Crippen molar-refractivity contribution < 1.29 is 9.72 Å². The SMILES string of the molecule is O=C(C1CC1)N1CCCN(c2ccc([N+](=O)[O-])c(-c3ccccc3)n2)CC1. The zero-order valence-electron chi connectivity index (χ0n) is 15.1. The number of nitro groups is 1. The van der Waals surface area contributed by atoms with Crippen molar-refractivity contribution in [1.82, 2.24) is 9.88 Å². The molecule has 0 bridgehead atoms. The third-order valence-electron chi connectivity index (χ3n) is 5.16. The molecular weight excluding hydrogens is 344 g/mol. The first-order valence-electron chi connectivity index (χ1n) is 9.38. The number of carbonyl (C=O) groups excluding carboxylic acids is 1. The van der Waals surface area contributed by atoms with E-state index in [-0.39, 0.29) is 17.5 Å². The minimum atomic E-state index is -0.391. The van der Waals surface area contributed by atoms with Crippen molar-refractivity contribution in [2.75, 3.05) is 31.1 Å². The first kappa shape index (κ1) is 17.5. The van der Waals surface area contributed by atoms with Crippen molar-refractivity contribution in [3.63, 3.8) is 0 Å². The van der Waals surface area contributed by atoms with E-state index in [1.165, 1.54) is 6.07 Å². The fourth-order valence-corrected chi connectivity index (χ4v) is 3.53. The number of benzene rings is 1. The molecule has 0 unspecified atom stereocenters. The molecule has 1 aliphatic carbocycles. The summed E-state index contributed by atoms with van der Waals surface area (Å²) in [5, 5.41) is 11.4. The van der Waals surface area contributed by atoms with Crippen LogP contribution in [0.25, 0.3) is 11.3 Å². The van der Waals surface area contributed by atoms with E-state index in [4.69, 9.17) is 0 Å². The number of amides is 1. The molecule has 4 rings (SSSR count). The first-order valence-corrected chi connectivity index (χ1v) is 9.38. The molecule has 1 aliphatic heterocycles. The van der Waals surface area contributed by atoms with Crippen LogP contribution in [0.4, 0.5) is 11.5 Å². The van der Waals surface area contributed by atoms with Crippen LogP contribution in [0.2, 0.25) is 0 Å². The van der Waals surface area contributed by atoms with Crippen molar-refractivity contribution >= 4 is 17.4 Å². The molecule has 1 aromatic carbocycles. The highest BCUT2D eigenvalue weighted by atomic mass is 16.6. The van der Waals surface area contributed by atoms with E-state index >= 15 is 0 Å². The number of anilines is 1. The van der Waals surface area contributed by atoms with Gasteiger partial charge in [0, 0.05) is 43.7 Å². The van der Waals surface area contributed by atoms with Gasteiger partial charge in [-0.05, 0) is 25.3 Å². The quantitative estimate of drug-likeness (QED) is 0.614. The summed E-state index contributed by atoms with van der Waals surface area (Å²) in [6.07, 6.45) is 2.91. The predicted molar refractivity (Wildman–Crippen MR) is 102 cm³/mol. The Labute approximate surface area is 157 Å². The summed E-state index contributed by atoms with van der Waals surface area (Å²) in [6, 6.07) is 12.5. The van der Waals surface area contributed by atoms with E-state index < -0.39 is 4.92 Å². The Morgan fingerprint density at radius 2 is 1.81 bits per heavy atom. The normalized spacial score (nSPS) is 17.5. The smallest absolute Gasteiger partial charge is 0.295 e. The molecule has 0 spiro atoms. The van der Waals surface area contributed by atoms with Gasteiger partial charge in [0.15, 0.2) is 5.69 Å². The van der Waals surface area contributed by atoms with Crippen molar-refractivity contribution in [3.8, 4) is 11.3 Å². The highest BCUT2D eigenvalue weighted by molar-refractivity contribution is 5.81. The maximum absolute atomic E-state index is 12.3. The molecule has 7 heteroatoms. The van der Waals surface area contributed by atoms with Gasteiger partial charge in [-0.2, -0.15) is 0 Å². The van der Waals surface area contributed by atoms with E-state index in [9.17, 15) is 14.9 Å². The van der Waals surface area contributed by atoms with Crippen LogP contribution in [-0.4, -0.2) is 46.9 Å². The van der Waals surface area contributed by atoms with Crippen LogP contribution in [0.15, 0.2) is 42.5 Å². The van der Waals surface area contributed by atoms with Crippen molar-refractivity contribution in [3.05, 3.63) is 52.6 Å². The maximum atomic E-state index is 12.3. The Kier molecular flexibility index (Phi) is 4.75. The molecule has 2 fully saturated rings. The van der Waals surface area contributed by atoms with E-state index in [0.717, 1.165) is 43.7 Å². The van der Waals surface area contributed by atoms with E-state index in [0.29, 0.717) is 18.8 Å². The summed E-state index contributed by atoms with van der Waals surface area (Å²) < 4.78 is 0. The van der Waals surface area contributed by atoms with E-state index in [1.54, 1.807) is 6.07 Å². The Balaban J connectivity index is 1.58. The average molecular weight is 366 g/mol. The Morgan fingerprint density at radius 1 is 1.04 bits per heavy atom. The van der Waals surface area contributed by atoms with Crippen LogP contribution >= 0.6 is 0 Å². The lowest BCUT2D eigenvalue weighted by atomic mass is 10.1. The van der Waals surface area contributed by atoms with Gasteiger partial charge < -0.3 is 9.80 Å². The topological polar surface area (TPSA) is 79.6 Å². The Hall–Kier alpha value is -2.96. The second kappa shape index (κ2) is 7.34.